The topological polar surface area (TPSA) is 12.5 Å². The SMILES string of the molecule is BC1CCC2CCN(C(C)C)C3(COC3)C2CC1. The molecule has 0 amide bonds. The predicted molar refractivity (Wildman–Crippen MR) is 77.8 cm³/mol. The van der Waals surface area contributed by atoms with Gasteiger partial charge in [-0.05, 0) is 45.1 Å². The molecular weight excluding hydrogens is 221 g/mol. The summed E-state index contributed by atoms with van der Waals surface area (Å²) in [5.74, 6) is 2.84. The van der Waals surface area contributed by atoms with E-state index in [0.717, 1.165) is 30.9 Å². The number of hydrogen-bond acceptors (Lipinski definition) is 2. The second kappa shape index (κ2) is 4.83. The summed E-state index contributed by atoms with van der Waals surface area (Å²) in [6.07, 6.45) is 7.24. The van der Waals surface area contributed by atoms with Gasteiger partial charge < -0.3 is 4.74 Å². The van der Waals surface area contributed by atoms with Crippen molar-refractivity contribution < 1.29 is 4.74 Å². The Labute approximate surface area is 113 Å². The molecule has 2 nitrogen and oxygen atoms in total. The molecule has 0 aromatic heterocycles. The summed E-state index contributed by atoms with van der Waals surface area (Å²) < 4.78 is 5.67. The van der Waals surface area contributed by atoms with E-state index >= 15 is 0 Å². The molecule has 0 radical (unpaired) electrons. The number of rotatable bonds is 1. The van der Waals surface area contributed by atoms with Crippen LogP contribution in [0.4, 0.5) is 0 Å². The molecule has 0 aromatic carbocycles. The lowest BCUT2D eigenvalue weighted by Gasteiger charge is -2.60. The van der Waals surface area contributed by atoms with Crippen LogP contribution in [-0.2, 0) is 4.74 Å². The summed E-state index contributed by atoms with van der Waals surface area (Å²) in [4.78, 5) is 2.77. The molecule has 0 aromatic rings. The highest BCUT2D eigenvalue weighted by atomic mass is 16.5. The highest BCUT2D eigenvalue weighted by molar-refractivity contribution is 6.11. The summed E-state index contributed by atoms with van der Waals surface area (Å²) in [5, 5.41) is 0. The van der Waals surface area contributed by atoms with E-state index in [-0.39, 0.29) is 0 Å². The van der Waals surface area contributed by atoms with Gasteiger partial charge in [-0.2, -0.15) is 0 Å². The van der Waals surface area contributed by atoms with E-state index in [2.05, 4.69) is 26.6 Å². The molecule has 3 aliphatic rings. The number of piperidine rings is 1. The number of hydrogen-bond donors (Lipinski definition) is 0. The van der Waals surface area contributed by atoms with Crippen molar-refractivity contribution in [2.24, 2.45) is 11.8 Å². The van der Waals surface area contributed by atoms with Crippen molar-refractivity contribution in [3.8, 4) is 0 Å². The molecule has 1 saturated carbocycles. The lowest BCUT2D eigenvalue weighted by Crippen LogP contribution is -2.71. The van der Waals surface area contributed by atoms with Crippen LogP contribution in [-0.4, -0.2) is 44.1 Å². The molecule has 1 aliphatic carbocycles. The Morgan fingerprint density at radius 2 is 1.83 bits per heavy atom. The third-order valence-electron chi connectivity index (χ3n) is 5.90. The van der Waals surface area contributed by atoms with Crippen molar-refractivity contribution in [2.75, 3.05) is 19.8 Å². The lowest BCUT2D eigenvalue weighted by atomic mass is 9.66. The van der Waals surface area contributed by atoms with Gasteiger partial charge in [0.25, 0.3) is 0 Å². The molecule has 0 N–H and O–H groups in total. The highest BCUT2D eigenvalue weighted by Crippen LogP contribution is 2.49. The number of fused-ring (bicyclic) bond motifs is 2. The molecule has 18 heavy (non-hydrogen) atoms. The first-order valence-corrected chi connectivity index (χ1v) is 7.98. The summed E-state index contributed by atoms with van der Waals surface area (Å²) in [6.45, 7) is 8.03. The molecule has 3 heteroatoms. The molecule has 2 aliphatic heterocycles. The highest BCUT2D eigenvalue weighted by Gasteiger charge is 2.55. The predicted octanol–water partition coefficient (Wildman–Crippen LogP) is 2.10. The van der Waals surface area contributed by atoms with E-state index < -0.39 is 0 Å². The van der Waals surface area contributed by atoms with E-state index in [4.69, 9.17) is 4.74 Å². The van der Waals surface area contributed by atoms with Gasteiger partial charge >= 0.3 is 0 Å². The van der Waals surface area contributed by atoms with E-state index in [1.54, 1.807) is 0 Å². The van der Waals surface area contributed by atoms with Crippen LogP contribution in [0.2, 0.25) is 5.82 Å². The van der Waals surface area contributed by atoms with Crippen LogP contribution in [0.25, 0.3) is 0 Å². The van der Waals surface area contributed by atoms with Gasteiger partial charge in [0, 0.05) is 6.04 Å². The number of ether oxygens (including phenoxy) is 1. The Kier molecular flexibility index (Phi) is 3.48. The molecule has 2 heterocycles. The maximum Gasteiger partial charge on any atom is 0.105 e. The number of likely N-dealkylation sites (tertiary alicyclic amines) is 1. The van der Waals surface area contributed by atoms with E-state index in [1.807, 2.05) is 0 Å². The van der Waals surface area contributed by atoms with Gasteiger partial charge in [0.1, 0.15) is 7.85 Å². The second-order valence-electron chi connectivity index (χ2n) is 7.30. The summed E-state index contributed by atoms with van der Waals surface area (Å²) in [6, 6.07) is 0.676. The van der Waals surface area contributed by atoms with Crippen molar-refractivity contribution in [2.45, 2.75) is 63.3 Å². The monoisotopic (exact) mass is 249 g/mol. The Hall–Kier alpha value is -0.0151. The fraction of sp³-hybridized carbons (Fsp3) is 1.00. The zero-order valence-corrected chi connectivity index (χ0v) is 12.3. The maximum absolute atomic E-state index is 5.67. The molecule has 3 unspecified atom stereocenters. The van der Waals surface area contributed by atoms with E-state index in [9.17, 15) is 0 Å². The van der Waals surface area contributed by atoms with Crippen LogP contribution in [0.3, 0.4) is 0 Å². The van der Waals surface area contributed by atoms with Crippen molar-refractivity contribution in [1.29, 1.82) is 0 Å². The molecule has 0 bridgehead atoms. The third kappa shape index (κ3) is 1.94. The molecule has 102 valence electrons. The molecule has 3 rings (SSSR count). The minimum Gasteiger partial charge on any atom is -0.377 e. The normalized spacial score (nSPS) is 40.3. The summed E-state index contributed by atoms with van der Waals surface area (Å²) in [7, 11) is 2.45. The Morgan fingerprint density at radius 3 is 2.44 bits per heavy atom. The molecule has 1 spiro atoms. The van der Waals surface area contributed by atoms with E-state index in [1.165, 1.54) is 38.6 Å². The van der Waals surface area contributed by atoms with Crippen molar-refractivity contribution in [3.63, 3.8) is 0 Å². The van der Waals surface area contributed by atoms with Crippen molar-refractivity contribution >= 4 is 7.85 Å². The first kappa shape index (κ1) is 13.0. The van der Waals surface area contributed by atoms with Crippen LogP contribution in [0.15, 0.2) is 0 Å². The van der Waals surface area contributed by atoms with Gasteiger partial charge in [-0.25, -0.2) is 0 Å². The third-order valence-corrected chi connectivity index (χ3v) is 5.90. The van der Waals surface area contributed by atoms with Gasteiger partial charge in [-0.1, -0.05) is 25.1 Å². The van der Waals surface area contributed by atoms with Crippen LogP contribution in [0, 0.1) is 11.8 Å². The molecule has 2 saturated heterocycles. The average Bonchev–Trinajstić information content (AvgIpc) is 2.48. The van der Waals surface area contributed by atoms with Crippen LogP contribution < -0.4 is 0 Å². The van der Waals surface area contributed by atoms with Crippen molar-refractivity contribution in [1.82, 2.24) is 4.90 Å². The van der Waals surface area contributed by atoms with Crippen LogP contribution in [0.5, 0.6) is 0 Å². The van der Waals surface area contributed by atoms with Gasteiger partial charge in [-0.3, -0.25) is 4.90 Å². The largest absolute Gasteiger partial charge is 0.377 e. The molecule has 3 atom stereocenters. The summed E-state index contributed by atoms with van der Waals surface area (Å²) >= 11 is 0. The Bertz CT molecular complexity index is 303. The zero-order chi connectivity index (χ0) is 12.8. The first-order chi connectivity index (χ1) is 8.63. The van der Waals surface area contributed by atoms with Gasteiger partial charge in [0.05, 0.1) is 18.8 Å². The Morgan fingerprint density at radius 1 is 1.11 bits per heavy atom. The minimum atomic E-state index is 0.418. The van der Waals surface area contributed by atoms with Gasteiger partial charge in [-0.15, -0.1) is 0 Å². The zero-order valence-electron chi connectivity index (χ0n) is 12.3. The quantitative estimate of drug-likeness (QED) is 0.660. The lowest BCUT2D eigenvalue weighted by molar-refractivity contribution is -0.207. The maximum atomic E-state index is 5.67. The van der Waals surface area contributed by atoms with Gasteiger partial charge in [0.15, 0.2) is 0 Å². The molecule has 3 fully saturated rings. The molecular formula is C15H28BNO. The standard InChI is InChI=1S/C15H28BNO/c1-11(2)17-8-7-12-3-4-13(16)5-6-14(12)15(17)9-18-10-15/h11-14H,3-10,16H2,1-2H3. The van der Waals surface area contributed by atoms with Crippen LogP contribution in [0.1, 0.15) is 46.0 Å². The summed E-state index contributed by atoms with van der Waals surface area (Å²) in [5.41, 5.74) is 0.418. The first-order valence-electron chi connectivity index (χ1n) is 7.98. The fourth-order valence-corrected chi connectivity index (χ4v) is 4.80. The number of nitrogens with zero attached hydrogens (tertiary/aromatic N) is 1. The van der Waals surface area contributed by atoms with Crippen LogP contribution >= 0.6 is 0 Å². The average molecular weight is 249 g/mol. The second-order valence-corrected chi connectivity index (χ2v) is 7.30. The minimum absolute atomic E-state index is 0.418. The smallest absolute Gasteiger partial charge is 0.105 e. The fourth-order valence-electron chi connectivity index (χ4n) is 4.80. The van der Waals surface area contributed by atoms with E-state index in [0.29, 0.717) is 11.6 Å². The van der Waals surface area contributed by atoms with Crippen molar-refractivity contribution in [3.05, 3.63) is 0 Å². The van der Waals surface area contributed by atoms with Gasteiger partial charge in [0.2, 0.25) is 0 Å². The Balaban J connectivity index is 1.83.